The van der Waals surface area contributed by atoms with Gasteiger partial charge in [-0.05, 0) is 48.9 Å². The lowest BCUT2D eigenvalue weighted by molar-refractivity contribution is -0.116. The van der Waals surface area contributed by atoms with Gasteiger partial charge in [-0.2, -0.15) is 0 Å². The van der Waals surface area contributed by atoms with Crippen LogP contribution in [0, 0.1) is 0 Å². The number of anilines is 2. The number of hydrogen-bond acceptors (Lipinski definition) is 4. The molecule has 0 radical (unpaired) electrons. The molecular weight excluding hydrogens is 382 g/mol. The number of ether oxygens (including phenoxy) is 1. The predicted molar refractivity (Wildman–Crippen MR) is 109 cm³/mol. The van der Waals surface area contributed by atoms with Gasteiger partial charge in [-0.1, -0.05) is 11.6 Å². The monoisotopic (exact) mass is 403 g/mol. The van der Waals surface area contributed by atoms with Gasteiger partial charge in [-0.3, -0.25) is 14.4 Å². The summed E-state index contributed by atoms with van der Waals surface area (Å²) in [4.78, 5) is 35.1. The summed E-state index contributed by atoms with van der Waals surface area (Å²) in [6.07, 6.45) is 0.710. The maximum absolute atomic E-state index is 12.0. The van der Waals surface area contributed by atoms with Gasteiger partial charge in [-0.15, -0.1) is 0 Å². The largest absolute Gasteiger partial charge is 0.497 e. The summed E-state index contributed by atoms with van der Waals surface area (Å²) in [5.74, 6) is 0.0501. The first-order chi connectivity index (χ1) is 13.4. The Morgan fingerprint density at radius 1 is 1.04 bits per heavy atom. The highest BCUT2D eigenvalue weighted by atomic mass is 35.5. The molecule has 0 heterocycles. The van der Waals surface area contributed by atoms with Gasteiger partial charge >= 0.3 is 0 Å². The standard InChI is InChI=1S/C20H22ClN3O4/c1-13(25)23-15-7-10-18(17(21)12-15)24-19(26)4-3-11-22-20(27)14-5-8-16(28-2)9-6-14/h5-10,12H,3-4,11H2,1-2H3,(H,22,27)(H,23,25)(H,24,26). The third-order valence-corrected chi connectivity index (χ3v) is 4.09. The second kappa shape index (κ2) is 10.3. The van der Waals surface area contributed by atoms with E-state index < -0.39 is 0 Å². The van der Waals surface area contributed by atoms with Crippen LogP contribution in [-0.4, -0.2) is 31.4 Å². The van der Waals surface area contributed by atoms with Gasteiger partial charge in [0.2, 0.25) is 11.8 Å². The summed E-state index contributed by atoms with van der Waals surface area (Å²) in [5.41, 5.74) is 1.54. The van der Waals surface area contributed by atoms with Gasteiger partial charge in [0.15, 0.2) is 0 Å². The first-order valence-electron chi connectivity index (χ1n) is 8.68. The smallest absolute Gasteiger partial charge is 0.251 e. The molecule has 3 amide bonds. The van der Waals surface area contributed by atoms with Crippen LogP contribution in [0.4, 0.5) is 11.4 Å². The van der Waals surface area contributed by atoms with Crippen molar-refractivity contribution in [2.75, 3.05) is 24.3 Å². The van der Waals surface area contributed by atoms with Crippen LogP contribution in [-0.2, 0) is 9.59 Å². The molecule has 2 rings (SSSR count). The lowest BCUT2D eigenvalue weighted by Gasteiger charge is -2.10. The summed E-state index contributed by atoms with van der Waals surface area (Å²) in [6, 6.07) is 11.6. The van der Waals surface area contributed by atoms with E-state index in [4.69, 9.17) is 16.3 Å². The number of rotatable bonds is 8. The number of methoxy groups -OCH3 is 1. The van der Waals surface area contributed by atoms with E-state index in [1.54, 1.807) is 49.6 Å². The molecule has 0 spiro atoms. The van der Waals surface area contributed by atoms with Crippen molar-refractivity contribution in [2.24, 2.45) is 0 Å². The second-order valence-corrected chi connectivity index (χ2v) is 6.42. The molecule has 0 saturated carbocycles. The summed E-state index contributed by atoms with van der Waals surface area (Å²) < 4.78 is 5.05. The van der Waals surface area contributed by atoms with Crippen LogP contribution in [0.15, 0.2) is 42.5 Å². The zero-order chi connectivity index (χ0) is 20.5. The highest BCUT2D eigenvalue weighted by Crippen LogP contribution is 2.25. The molecule has 0 aromatic heterocycles. The fraction of sp³-hybridized carbons (Fsp3) is 0.250. The molecule has 3 N–H and O–H groups in total. The van der Waals surface area contributed by atoms with Crippen molar-refractivity contribution in [3.05, 3.63) is 53.1 Å². The lowest BCUT2D eigenvalue weighted by atomic mass is 10.2. The normalized spacial score (nSPS) is 10.1. The zero-order valence-corrected chi connectivity index (χ0v) is 16.4. The molecule has 0 fully saturated rings. The van der Waals surface area contributed by atoms with Crippen molar-refractivity contribution in [1.82, 2.24) is 5.32 Å². The average molecular weight is 404 g/mol. The van der Waals surface area contributed by atoms with Crippen molar-refractivity contribution < 1.29 is 19.1 Å². The van der Waals surface area contributed by atoms with E-state index in [0.717, 1.165) is 0 Å². The van der Waals surface area contributed by atoms with Gasteiger partial charge in [0.05, 0.1) is 17.8 Å². The third-order valence-electron chi connectivity index (χ3n) is 3.78. The fourth-order valence-electron chi connectivity index (χ4n) is 2.41. The SMILES string of the molecule is COc1ccc(C(=O)NCCCC(=O)Nc2ccc(NC(C)=O)cc2Cl)cc1. The van der Waals surface area contributed by atoms with Crippen LogP contribution in [0.2, 0.25) is 5.02 Å². The van der Waals surface area contributed by atoms with Crippen LogP contribution in [0.25, 0.3) is 0 Å². The molecule has 0 unspecified atom stereocenters. The Kier molecular flexibility index (Phi) is 7.83. The maximum atomic E-state index is 12.0. The van der Waals surface area contributed by atoms with Gasteiger partial charge in [-0.25, -0.2) is 0 Å². The Balaban J connectivity index is 1.75. The first-order valence-corrected chi connectivity index (χ1v) is 9.06. The van der Waals surface area contributed by atoms with Gasteiger partial charge in [0.25, 0.3) is 5.91 Å². The highest BCUT2D eigenvalue weighted by Gasteiger charge is 2.09. The number of nitrogens with one attached hydrogen (secondary N) is 3. The number of amides is 3. The molecular formula is C20H22ClN3O4. The number of carbonyl (C=O) groups excluding carboxylic acids is 3. The summed E-state index contributed by atoms with van der Waals surface area (Å²) in [6.45, 7) is 1.77. The summed E-state index contributed by atoms with van der Waals surface area (Å²) in [7, 11) is 1.56. The molecule has 0 aliphatic rings. The van der Waals surface area contributed by atoms with Crippen LogP contribution in [0.1, 0.15) is 30.1 Å². The Bertz CT molecular complexity index is 853. The molecule has 2 aromatic carbocycles. The minimum Gasteiger partial charge on any atom is -0.497 e. The number of carbonyl (C=O) groups is 3. The van der Waals surface area contributed by atoms with E-state index in [1.807, 2.05) is 0 Å². The van der Waals surface area contributed by atoms with Gasteiger partial charge in [0, 0.05) is 31.1 Å². The number of hydrogen-bond donors (Lipinski definition) is 3. The van der Waals surface area contributed by atoms with Gasteiger partial charge < -0.3 is 20.7 Å². The summed E-state index contributed by atoms with van der Waals surface area (Å²) in [5, 5.41) is 8.42. The number of halogens is 1. The van der Waals surface area contributed by atoms with Crippen molar-refractivity contribution in [3.8, 4) is 5.75 Å². The Hall–Kier alpha value is -3.06. The second-order valence-electron chi connectivity index (χ2n) is 6.01. The Morgan fingerprint density at radius 2 is 1.75 bits per heavy atom. The molecule has 0 bridgehead atoms. The zero-order valence-electron chi connectivity index (χ0n) is 15.7. The third kappa shape index (κ3) is 6.59. The minimum atomic E-state index is -0.215. The van der Waals surface area contributed by atoms with Crippen molar-refractivity contribution >= 4 is 40.7 Å². The van der Waals surface area contributed by atoms with Crippen LogP contribution in [0.5, 0.6) is 5.75 Å². The maximum Gasteiger partial charge on any atom is 0.251 e. The molecule has 0 aliphatic carbocycles. The van der Waals surface area contributed by atoms with Gasteiger partial charge in [0.1, 0.15) is 5.75 Å². The summed E-state index contributed by atoms with van der Waals surface area (Å²) >= 11 is 6.12. The molecule has 7 nitrogen and oxygen atoms in total. The Labute approximate surface area is 168 Å². The Morgan fingerprint density at radius 3 is 2.36 bits per heavy atom. The molecule has 0 atom stereocenters. The fourth-order valence-corrected chi connectivity index (χ4v) is 2.63. The molecule has 8 heteroatoms. The van der Waals surface area contributed by atoms with E-state index in [0.29, 0.717) is 40.7 Å². The quantitative estimate of drug-likeness (QED) is 0.588. The van der Waals surface area contributed by atoms with E-state index >= 15 is 0 Å². The van der Waals surface area contributed by atoms with Crippen molar-refractivity contribution in [2.45, 2.75) is 19.8 Å². The van der Waals surface area contributed by atoms with Crippen molar-refractivity contribution in [3.63, 3.8) is 0 Å². The van der Waals surface area contributed by atoms with Crippen LogP contribution >= 0.6 is 11.6 Å². The van der Waals surface area contributed by atoms with E-state index in [1.165, 1.54) is 6.92 Å². The van der Waals surface area contributed by atoms with E-state index in [9.17, 15) is 14.4 Å². The predicted octanol–water partition coefficient (Wildman–Crippen LogP) is 3.46. The minimum absolute atomic E-state index is 0.204. The molecule has 0 saturated heterocycles. The lowest BCUT2D eigenvalue weighted by Crippen LogP contribution is -2.25. The van der Waals surface area contributed by atoms with Crippen molar-refractivity contribution in [1.29, 1.82) is 0 Å². The topological polar surface area (TPSA) is 96.5 Å². The molecule has 148 valence electrons. The number of benzene rings is 2. The van der Waals surface area contributed by atoms with E-state index in [-0.39, 0.29) is 24.1 Å². The van der Waals surface area contributed by atoms with Crippen LogP contribution < -0.4 is 20.7 Å². The highest BCUT2D eigenvalue weighted by molar-refractivity contribution is 6.34. The van der Waals surface area contributed by atoms with Crippen LogP contribution in [0.3, 0.4) is 0 Å². The molecule has 0 aliphatic heterocycles. The molecule has 2 aromatic rings. The van der Waals surface area contributed by atoms with E-state index in [2.05, 4.69) is 16.0 Å². The average Bonchev–Trinajstić information content (AvgIpc) is 2.67. The molecule has 28 heavy (non-hydrogen) atoms. The first kappa shape index (κ1) is 21.2.